The van der Waals surface area contributed by atoms with Gasteiger partial charge in [0.2, 0.25) is 5.91 Å². The molecule has 1 aliphatic rings. The van der Waals surface area contributed by atoms with Gasteiger partial charge in [-0.05, 0) is 37.3 Å². The number of halogens is 3. The first-order valence-corrected chi connectivity index (χ1v) is 7.03. The maximum atomic E-state index is 12.6. The van der Waals surface area contributed by atoms with Crippen LogP contribution in [-0.2, 0) is 11.0 Å². The van der Waals surface area contributed by atoms with Crippen LogP contribution >= 0.6 is 0 Å². The summed E-state index contributed by atoms with van der Waals surface area (Å²) in [6.07, 6.45) is -2.49. The monoisotopic (exact) mass is 312 g/mol. The molecule has 1 amide bonds. The van der Waals surface area contributed by atoms with E-state index >= 15 is 0 Å². The van der Waals surface area contributed by atoms with Gasteiger partial charge >= 0.3 is 6.18 Å². The van der Waals surface area contributed by atoms with Gasteiger partial charge in [-0.25, -0.2) is 4.98 Å². The summed E-state index contributed by atoms with van der Waals surface area (Å²) < 4.78 is 37.9. The van der Waals surface area contributed by atoms with Crippen LogP contribution in [-0.4, -0.2) is 10.9 Å². The molecule has 2 atom stereocenters. The van der Waals surface area contributed by atoms with E-state index in [1.54, 1.807) is 0 Å². The third kappa shape index (κ3) is 3.31. The Labute approximate surface area is 127 Å². The Bertz CT molecular complexity index is 616. The molecule has 1 fully saturated rings. The number of carbonyl (C=O) groups excluding carboxylic acids is 1. The lowest BCUT2D eigenvalue weighted by Gasteiger charge is -2.09. The zero-order valence-electron chi connectivity index (χ0n) is 13.0. The Hall–Kier alpha value is -1.85. The number of hydrogen-bond donors (Lipinski definition) is 1. The maximum absolute atomic E-state index is 12.6. The topological polar surface area (TPSA) is 42.0 Å². The van der Waals surface area contributed by atoms with Gasteiger partial charge < -0.3 is 5.32 Å². The number of amides is 1. The van der Waals surface area contributed by atoms with Gasteiger partial charge in [0, 0.05) is 0 Å². The zero-order chi connectivity index (χ0) is 16.7. The number of aromatic nitrogens is 1. The van der Waals surface area contributed by atoms with E-state index in [4.69, 9.17) is 0 Å². The Kier molecular flexibility index (Phi) is 4.06. The van der Waals surface area contributed by atoms with Crippen LogP contribution in [0.2, 0.25) is 0 Å². The van der Waals surface area contributed by atoms with E-state index in [1.165, 1.54) is 12.1 Å². The molecule has 1 saturated carbocycles. The van der Waals surface area contributed by atoms with E-state index in [-0.39, 0.29) is 29.0 Å². The fraction of sp³-hybridized carbons (Fsp3) is 0.500. The van der Waals surface area contributed by atoms with Crippen molar-refractivity contribution in [2.75, 3.05) is 5.32 Å². The number of hydrogen-bond acceptors (Lipinski definition) is 2. The number of nitrogens with one attached hydrogen (secondary N) is 1. The summed E-state index contributed by atoms with van der Waals surface area (Å²) in [4.78, 5) is 15.7. The fourth-order valence-electron chi connectivity index (χ4n) is 2.71. The third-order valence-corrected chi connectivity index (χ3v) is 4.00. The number of nitrogens with zero attached hydrogens (tertiary/aromatic N) is 1. The van der Waals surface area contributed by atoms with Crippen molar-refractivity contribution in [1.82, 2.24) is 4.98 Å². The van der Waals surface area contributed by atoms with Gasteiger partial charge in [-0.2, -0.15) is 13.2 Å². The minimum Gasteiger partial charge on any atom is -0.310 e. The highest BCUT2D eigenvalue weighted by Gasteiger charge is 2.60. The van der Waals surface area contributed by atoms with Crippen LogP contribution in [0.15, 0.2) is 29.8 Å². The van der Waals surface area contributed by atoms with Crippen molar-refractivity contribution in [3.8, 4) is 0 Å². The molecular formula is C16H19F3N2O. The summed E-state index contributed by atoms with van der Waals surface area (Å²) in [5, 5.41) is 2.50. The average Bonchev–Trinajstić information content (AvgIpc) is 2.89. The standard InChI is InChI=1S/C16H19F3N2O/c1-9(2)8-10-13(15(10,3)4)14(22)21-12-7-5-6-11(20-12)16(17,18)19/h5-8,10,13H,1-4H3,(H,20,21,22)/t10-,13-/m0/s1. The van der Waals surface area contributed by atoms with E-state index in [9.17, 15) is 18.0 Å². The number of carbonyl (C=O) groups is 1. The van der Waals surface area contributed by atoms with Gasteiger partial charge in [-0.3, -0.25) is 4.79 Å². The molecule has 0 spiro atoms. The minimum absolute atomic E-state index is 0.0709. The Morgan fingerprint density at radius 3 is 2.50 bits per heavy atom. The molecule has 0 radical (unpaired) electrons. The van der Waals surface area contributed by atoms with Crippen LogP contribution in [0.3, 0.4) is 0 Å². The van der Waals surface area contributed by atoms with Gasteiger partial charge in [0.05, 0.1) is 5.92 Å². The molecule has 0 aliphatic heterocycles. The van der Waals surface area contributed by atoms with Gasteiger partial charge in [0.1, 0.15) is 11.5 Å². The molecule has 1 heterocycles. The van der Waals surface area contributed by atoms with Crippen molar-refractivity contribution >= 4 is 11.7 Å². The summed E-state index contributed by atoms with van der Waals surface area (Å²) in [6, 6.07) is 3.47. The molecule has 6 heteroatoms. The van der Waals surface area contributed by atoms with Crippen molar-refractivity contribution in [3.63, 3.8) is 0 Å². The van der Waals surface area contributed by atoms with E-state index in [1.807, 2.05) is 33.8 Å². The molecule has 120 valence electrons. The van der Waals surface area contributed by atoms with E-state index in [0.717, 1.165) is 11.6 Å². The Morgan fingerprint density at radius 2 is 1.95 bits per heavy atom. The highest BCUT2D eigenvalue weighted by Crippen LogP contribution is 2.59. The lowest BCUT2D eigenvalue weighted by atomic mass is 10.1. The number of alkyl halides is 3. The second-order valence-electron chi connectivity index (χ2n) is 6.46. The SMILES string of the molecule is CC(C)=C[C@H]1[C@@H](C(=O)Nc2cccc(C(F)(F)F)n2)C1(C)C. The van der Waals surface area contributed by atoms with Crippen molar-refractivity contribution in [3.05, 3.63) is 35.5 Å². The normalized spacial score (nSPS) is 22.9. The molecular weight excluding hydrogens is 293 g/mol. The Balaban J connectivity index is 2.12. The van der Waals surface area contributed by atoms with Crippen LogP contribution < -0.4 is 5.32 Å². The van der Waals surface area contributed by atoms with Crippen LogP contribution in [0.4, 0.5) is 19.0 Å². The lowest BCUT2D eigenvalue weighted by Crippen LogP contribution is -2.19. The predicted molar refractivity (Wildman–Crippen MR) is 78.1 cm³/mol. The molecule has 0 bridgehead atoms. The molecule has 2 rings (SSSR count). The smallest absolute Gasteiger partial charge is 0.310 e. The fourth-order valence-corrected chi connectivity index (χ4v) is 2.71. The van der Waals surface area contributed by atoms with Gasteiger partial charge in [-0.1, -0.05) is 31.6 Å². The molecule has 3 nitrogen and oxygen atoms in total. The summed E-state index contributed by atoms with van der Waals surface area (Å²) in [5.74, 6) is -0.514. The second kappa shape index (κ2) is 5.41. The lowest BCUT2D eigenvalue weighted by molar-refractivity contribution is -0.141. The highest BCUT2D eigenvalue weighted by molar-refractivity contribution is 5.95. The molecule has 0 aromatic carbocycles. The summed E-state index contributed by atoms with van der Waals surface area (Å²) in [5.41, 5.74) is -0.0880. The molecule has 22 heavy (non-hydrogen) atoms. The minimum atomic E-state index is -4.52. The van der Waals surface area contributed by atoms with Crippen LogP contribution in [0.25, 0.3) is 0 Å². The third-order valence-electron chi connectivity index (χ3n) is 4.00. The Morgan fingerprint density at radius 1 is 1.32 bits per heavy atom. The first kappa shape index (κ1) is 16.5. The van der Waals surface area contributed by atoms with Gasteiger partial charge in [-0.15, -0.1) is 0 Å². The molecule has 1 N–H and O–H groups in total. The number of anilines is 1. The van der Waals surface area contributed by atoms with E-state index in [2.05, 4.69) is 10.3 Å². The van der Waals surface area contributed by atoms with Crippen molar-refractivity contribution in [2.24, 2.45) is 17.3 Å². The second-order valence-corrected chi connectivity index (χ2v) is 6.46. The summed E-state index contributed by atoms with van der Waals surface area (Å²) in [6.45, 7) is 7.86. The largest absolute Gasteiger partial charge is 0.433 e. The van der Waals surface area contributed by atoms with Crippen LogP contribution in [0, 0.1) is 17.3 Å². The predicted octanol–water partition coefficient (Wildman–Crippen LogP) is 4.28. The maximum Gasteiger partial charge on any atom is 0.433 e. The summed E-state index contributed by atoms with van der Waals surface area (Å²) >= 11 is 0. The highest BCUT2D eigenvalue weighted by atomic mass is 19.4. The molecule has 1 aromatic heterocycles. The van der Waals surface area contributed by atoms with Crippen LogP contribution in [0.5, 0.6) is 0 Å². The summed E-state index contributed by atoms with van der Waals surface area (Å²) in [7, 11) is 0. The molecule has 0 unspecified atom stereocenters. The number of pyridine rings is 1. The molecule has 1 aliphatic carbocycles. The van der Waals surface area contributed by atoms with E-state index in [0.29, 0.717) is 0 Å². The van der Waals surface area contributed by atoms with Crippen LogP contribution in [0.1, 0.15) is 33.4 Å². The zero-order valence-corrected chi connectivity index (χ0v) is 13.0. The quantitative estimate of drug-likeness (QED) is 0.847. The van der Waals surface area contributed by atoms with Crippen molar-refractivity contribution < 1.29 is 18.0 Å². The van der Waals surface area contributed by atoms with E-state index < -0.39 is 11.9 Å². The first-order valence-electron chi connectivity index (χ1n) is 7.03. The van der Waals surface area contributed by atoms with Gasteiger partial charge in [0.25, 0.3) is 0 Å². The number of rotatable bonds is 3. The average molecular weight is 312 g/mol. The van der Waals surface area contributed by atoms with Gasteiger partial charge in [0.15, 0.2) is 0 Å². The molecule has 1 aromatic rings. The van der Waals surface area contributed by atoms with Crippen molar-refractivity contribution in [1.29, 1.82) is 0 Å². The first-order chi connectivity index (χ1) is 10.0. The molecule has 0 saturated heterocycles. The van der Waals surface area contributed by atoms with Crippen molar-refractivity contribution in [2.45, 2.75) is 33.9 Å². The number of allylic oxidation sites excluding steroid dienone is 2.